The number of halogens is 2. The lowest BCUT2D eigenvalue weighted by molar-refractivity contribution is 0.108. The lowest BCUT2D eigenvalue weighted by Crippen LogP contribution is -2.16. The number of carbonyl (C=O) groups is 1. The van der Waals surface area contributed by atoms with Crippen molar-refractivity contribution in [2.24, 2.45) is 0 Å². The first-order chi connectivity index (χ1) is 10.7. The van der Waals surface area contributed by atoms with E-state index in [1.54, 1.807) is 12.1 Å². The van der Waals surface area contributed by atoms with E-state index in [1.807, 2.05) is 6.92 Å². The minimum Gasteiger partial charge on any atom is -0.495 e. The molecular weight excluding hydrogens is 361 g/mol. The van der Waals surface area contributed by atoms with Gasteiger partial charge in [0.05, 0.1) is 18.4 Å². The second kappa shape index (κ2) is 6.78. The highest BCUT2D eigenvalue weighted by Gasteiger charge is 2.22. The van der Waals surface area contributed by atoms with Crippen LogP contribution < -0.4 is 9.46 Å². The molecule has 0 aliphatic carbocycles. The van der Waals surface area contributed by atoms with Crippen molar-refractivity contribution in [2.45, 2.75) is 11.8 Å². The van der Waals surface area contributed by atoms with E-state index in [0.717, 1.165) is 5.56 Å². The number of sulfonamides is 1. The fourth-order valence-corrected chi connectivity index (χ4v) is 3.52. The molecule has 0 saturated heterocycles. The van der Waals surface area contributed by atoms with Crippen LogP contribution in [0.1, 0.15) is 15.9 Å². The number of hydrogen-bond acceptors (Lipinski definition) is 4. The monoisotopic (exact) mass is 373 g/mol. The number of hydrogen-bond donors (Lipinski definition) is 1. The molecule has 0 aromatic heterocycles. The molecule has 0 heterocycles. The van der Waals surface area contributed by atoms with E-state index in [4.69, 9.17) is 27.9 Å². The molecule has 2 aromatic rings. The fourth-order valence-electron chi connectivity index (χ4n) is 1.96. The van der Waals surface area contributed by atoms with Crippen LogP contribution in [0.25, 0.3) is 0 Å². The maximum Gasteiger partial charge on any atom is 0.265 e. The summed E-state index contributed by atoms with van der Waals surface area (Å²) in [6.45, 7) is 1.82. The Morgan fingerprint density at radius 3 is 2.48 bits per heavy atom. The number of ether oxygens (including phenoxy) is 1. The molecule has 5 nitrogen and oxygen atoms in total. The second-order valence-electron chi connectivity index (χ2n) is 4.72. The van der Waals surface area contributed by atoms with E-state index < -0.39 is 15.3 Å². The van der Waals surface area contributed by atoms with E-state index in [2.05, 4.69) is 4.72 Å². The molecule has 0 aliphatic heterocycles. The molecule has 0 atom stereocenters. The van der Waals surface area contributed by atoms with Crippen molar-refractivity contribution in [1.29, 1.82) is 0 Å². The molecule has 2 aromatic carbocycles. The van der Waals surface area contributed by atoms with Gasteiger partial charge in [-0.1, -0.05) is 17.7 Å². The molecule has 0 radical (unpaired) electrons. The first kappa shape index (κ1) is 17.6. The van der Waals surface area contributed by atoms with Crippen LogP contribution in [-0.4, -0.2) is 20.8 Å². The van der Waals surface area contributed by atoms with Crippen molar-refractivity contribution >= 4 is 44.2 Å². The average Bonchev–Trinajstić information content (AvgIpc) is 2.48. The number of anilines is 1. The zero-order chi connectivity index (χ0) is 17.2. The lowest BCUT2D eigenvalue weighted by atomic mass is 10.2. The van der Waals surface area contributed by atoms with Gasteiger partial charge in [-0.05, 0) is 54.4 Å². The maximum absolute atomic E-state index is 12.6. The smallest absolute Gasteiger partial charge is 0.265 e. The summed E-state index contributed by atoms with van der Waals surface area (Å²) in [7, 11) is -2.59. The molecule has 0 saturated carbocycles. The number of benzene rings is 2. The molecule has 23 heavy (non-hydrogen) atoms. The number of aryl methyl sites for hydroxylation is 1. The fraction of sp³-hybridized carbons (Fsp3) is 0.133. The van der Waals surface area contributed by atoms with Crippen LogP contribution in [0.5, 0.6) is 5.75 Å². The van der Waals surface area contributed by atoms with E-state index in [9.17, 15) is 13.2 Å². The Kier molecular flexibility index (Phi) is 5.19. The highest BCUT2D eigenvalue weighted by molar-refractivity contribution is 7.92. The van der Waals surface area contributed by atoms with E-state index in [0.29, 0.717) is 0 Å². The number of rotatable bonds is 5. The van der Waals surface area contributed by atoms with E-state index in [-0.39, 0.29) is 26.9 Å². The van der Waals surface area contributed by atoms with Crippen molar-refractivity contribution in [3.8, 4) is 5.75 Å². The first-order valence-corrected chi connectivity index (χ1v) is 8.65. The van der Waals surface area contributed by atoms with Gasteiger partial charge >= 0.3 is 0 Å². The molecule has 2 rings (SSSR count). The van der Waals surface area contributed by atoms with Crippen LogP contribution in [0, 0.1) is 6.92 Å². The van der Waals surface area contributed by atoms with Gasteiger partial charge in [0.15, 0.2) is 0 Å². The predicted octanol–water partition coefficient (Wildman–Crippen LogP) is 3.84. The Morgan fingerprint density at radius 1 is 1.17 bits per heavy atom. The third-order valence-corrected chi connectivity index (χ3v) is 4.89. The van der Waals surface area contributed by atoms with Crippen LogP contribution in [-0.2, 0) is 10.0 Å². The van der Waals surface area contributed by atoms with Gasteiger partial charge in [0.2, 0.25) is 0 Å². The molecule has 1 N–H and O–H groups in total. The second-order valence-corrected chi connectivity index (χ2v) is 7.15. The van der Waals surface area contributed by atoms with Gasteiger partial charge in [-0.15, -0.1) is 0 Å². The zero-order valence-corrected chi connectivity index (χ0v) is 14.6. The van der Waals surface area contributed by atoms with Crippen molar-refractivity contribution < 1.29 is 17.9 Å². The molecule has 0 unspecified atom stereocenters. The van der Waals surface area contributed by atoms with Gasteiger partial charge in [-0.25, -0.2) is 8.42 Å². The summed E-state index contributed by atoms with van der Waals surface area (Å²) in [5.41, 5.74) is 0.856. The van der Waals surface area contributed by atoms with Gasteiger partial charge in [0, 0.05) is 5.02 Å². The van der Waals surface area contributed by atoms with Gasteiger partial charge in [-0.2, -0.15) is 0 Å². The molecule has 8 heteroatoms. The number of carbonyl (C=O) groups excluding carboxylic acids is 1. The summed E-state index contributed by atoms with van der Waals surface area (Å²) in [6, 6.07) is 8.79. The third kappa shape index (κ3) is 3.96. The molecule has 0 aliphatic rings. The minimum absolute atomic E-state index is 0.0335. The Balaban J connectivity index is 2.50. The SMILES string of the molecule is COc1cc(C)ccc1S(=O)(=O)Nc1ccc(Cl)cc1C(=O)Cl. The Hall–Kier alpha value is -1.76. The van der Waals surface area contributed by atoms with Crippen LogP contribution in [0.4, 0.5) is 5.69 Å². The number of methoxy groups -OCH3 is 1. The summed E-state index contributed by atoms with van der Waals surface area (Å²) in [6.07, 6.45) is 0. The summed E-state index contributed by atoms with van der Waals surface area (Å²) >= 11 is 11.3. The Morgan fingerprint density at radius 2 is 1.87 bits per heavy atom. The molecule has 122 valence electrons. The Bertz CT molecular complexity index is 866. The van der Waals surface area contributed by atoms with Crippen LogP contribution >= 0.6 is 23.2 Å². The summed E-state index contributed by atoms with van der Waals surface area (Å²) < 4.78 is 32.6. The van der Waals surface area contributed by atoms with Crippen molar-refractivity contribution in [2.75, 3.05) is 11.8 Å². The summed E-state index contributed by atoms with van der Waals surface area (Å²) in [5, 5.41) is -0.550. The van der Waals surface area contributed by atoms with Crippen LogP contribution in [0.2, 0.25) is 5.02 Å². The topological polar surface area (TPSA) is 72.5 Å². The van der Waals surface area contributed by atoms with Gasteiger partial charge in [0.25, 0.3) is 15.3 Å². The molecule has 0 spiro atoms. The van der Waals surface area contributed by atoms with Gasteiger partial charge in [0.1, 0.15) is 10.6 Å². The highest BCUT2D eigenvalue weighted by atomic mass is 35.5. The van der Waals surface area contributed by atoms with Crippen LogP contribution in [0.15, 0.2) is 41.3 Å². The maximum atomic E-state index is 12.6. The van der Waals surface area contributed by atoms with Crippen molar-refractivity contribution in [3.63, 3.8) is 0 Å². The highest BCUT2D eigenvalue weighted by Crippen LogP contribution is 2.29. The molecular formula is C15H13Cl2NO4S. The first-order valence-electron chi connectivity index (χ1n) is 6.41. The quantitative estimate of drug-likeness (QED) is 0.808. The van der Waals surface area contributed by atoms with Gasteiger partial charge in [-0.3, -0.25) is 9.52 Å². The predicted molar refractivity (Wildman–Crippen MR) is 90.2 cm³/mol. The Labute approximate surface area is 144 Å². The average molecular weight is 374 g/mol. The van der Waals surface area contributed by atoms with Gasteiger partial charge < -0.3 is 4.74 Å². The van der Waals surface area contributed by atoms with Crippen molar-refractivity contribution in [1.82, 2.24) is 0 Å². The molecule has 0 bridgehead atoms. The summed E-state index contributed by atoms with van der Waals surface area (Å²) in [4.78, 5) is 11.4. The standard InChI is InChI=1S/C15H13Cl2NO4S/c1-9-3-6-14(13(7-9)22-2)23(20,21)18-12-5-4-10(16)8-11(12)15(17)19/h3-8,18H,1-2H3. The molecule has 0 amide bonds. The number of nitrogens with one attached hydrogen (secondary N) is 1. The molecule has 0 fully saturated rings. The van der Waals surface area contributed by atoms with E-state index >= 15 is 0 Å². The zero-order valence-electron chi connectivity index (χ0n) is 12.3. The van der Waals surface area contributed by atoms with Crippen molar-refractivity contribution in [3.05, 3.63) is 52.5 Å². The third-order valence-electron chi connectivity index (χ3n) is 3.05. The lowest BCUT2D eigenvalue weighted by Gasteiger charge is -2.14. The summed E-state index contributed by atoms with van der Waals surface area (Å²) in [5.74, 6) is 0.199. The van der Waals surface area contributed by atoms with E-state index in [1.165, 1.54) is 31.4 Å². The van der Waals surface area contributed by atoms with Crippen LogP contribution in [0.3, 0.4) is 0 Å². The largest absolute Gasteiger partial charge is 0.495 e. The minimum atomic E-state index is -3.97. The normalized spacial score (nSPS) is 11.1.